The predicted octanol–water partition coefficient (Wildman–Crippen LogP) is 5.33. The first kappa shape index (κ1) is 28.0. The molecule has 2 aliphatic heterocycles. The summed E-state index contributed by atoms with van der Waals surface area (Å²) < 4.78 is 6.16. The first-order chi connectivity index (χ1) is 16.2. The number of nitrogens with zero attached hydrogens (tertiary/aromatic N) is 1. The number of epoxide rings is 1. The molecule has 7 atom stereocenters. The van der Waals surface area contributed by atoms with Crippen LogP contribution in [0.1, 0.15) is 91.3 Å². The van der Waals surface area contributed by atoms with Crippen LogP contribution in [0.25, 0.3) is 6.08 Å². The molecule has 1 aromatic rings. The van der Waals surface area contributed by atoms with Crippen molar-refractivity contribution in [2.24, 2.45) is 23.2 Å². The second-order valence-corrected chi connectivity index (χ2v) is 12.8. The first-order valence-electron chi connectivity index (χ1n) is 13.0. The number of carbonyl (C=O) groups excluding carboxylic acids is 2. The molecule has 0 spiro atoms. The van der Waals surface area contributed by atoms with Crippen molar-refractivity contribution in [1.82, 2.24) is 10.3 Å². The minimum absolute atomic E-state index is 0.0216. The molecule has 2 fully saturated rings. The number of rotatable bonds is 2. The maximum atomic E-state index is 13.4. The molecular weight excluding hydrogens is 460 g/mol. The minimum Gasteiger partial charge on any atom is -0.392 e. The summed E-state index contributed by atoms with van der Waals surface area (Å²) in [6.07, 6.45) is 4.65. The summed E-state index contributed by atoms with van der Waals surface area (Å²) in [4.78, 5) is 31.0. The molecule has 2 saturated heterocycles. The Balaban J connectivity index is 1.85. The molecule has 2 unspecified atom stereocenters. The summed E-state index contributed by atoms with van der Waals surface area (Å²) in [5, 5.41) is 17.1. The van der Waals surface area contributed by atoms with E-state index in [-0.39, 0.29) is 47.7 Å². The van der Waals surface area contributed by atoms with E-state index in [2.05, 4.69) is 31.1 Å². The number of aliphatic hydroxyl groups excluding tert-OH is 1. The van der Waals surface area contributed by atoms with Crippen LogP contribution in [0.3, 0.4) is 0 Å². The summed E-state index contributed by atoms with van der Waals surface area (Å²) >= 11 is 1.60. The van der Waals surface area contributed by atoms with Gasteiger partial charge in [0.05, 0.1) is 46.4 Å². The SMILES string of the molecule is C/C(=C\c1csc(C)n1)C1CC2O[C@]2(C)CCC[C@H](C)[C@H](C)[C@@H](C)C(=O)C(C)(C)[C@@H](O)CC(=O)N1. The summed E-state index contributed by atoms with van der Waals surface area (Å²) in [6, 6.07) is -0.229. The number of ether oxygens (including phenoxy) is 1. The molecule has 0 saturated carbocycles. The van der Waals surface area contributed by atoms with Gasteiger partial charge in [-0.3, -0.25) is 9.59 Å². The zero-order chi connectivity index (χ0) is 26.1. The van der Waals surface area contributed by atoms with Crippen LogP contribution in [-0.2, 0) is 14.3 Å². The number of ketones is 1. The van der Waals surface area contributed by atoms with Crippen molar-refractivity contribution in [3.05, 3.63) is 21.7 Å². The van der Waals surface area contributed by atoms with E-state index in [0.717, 1.165) is 35.5 Å². The van der Waals surface area contributed by atoms with Gasteiger partial charge in [0.1, 0.15) is 5.78 Å². The number of Topliss-reactive ketones (excluding diaryl/α,β-unsaturated/α-hetero) is 1. The number of aryl methyl sites for hydroxylation is 1. The van der Waals surface area contributed by atoms with Crippen LogP contribution in [0.2, 0.25) is 0 Å². The predicted molar refractivity (Wildman–Crippen MR) is 141 cm³/mol. The molecule has 35 heavy (non-hydrogen) atoms. The number of aromatic nitrogens is 1. The van der Waals surface area contributed by atoms with Gasteiger partial charge < -0.3 is 15.2 Å². The van der Waals surface area contributed by atoms with Crippen LogP contribution in [0.5, 0.6) is 0 Å². The maximum Gasteiger partial charge on any atom is 0.223 e. The molecule has 196 valence electrons. The number of carbonyl (C=O) groups is 2. The largest absolute Gasteiger partial charge is 0.392 e. The third-order valence-corrected chi connectivity index (χ3v) is 9.45. The molecule has 3 rings (SSSR count). The molecule has 2 N–H and O–H groups in total. The molecule has 2 aliphatic rings. The standard InChI is InChI=1S/C28H44N2O4S/c1-16-10-9-11-28(8)24(34-28)13-22(17(2)12-21-15-35-20(5)29-21)30-25(32)14-23(31)27(6,7)26(33)19(4)18(16)3/h12,15-16,18-19,22-24,31H,9-11,13-14H2,1-8H3,(H,30,32)/b17-12+/t16-,18-,19+,22?,23-,24?,28+/m0/s1. The van der Waals surface area contributed by atoms with Crippen LogP contribution in [-0.4, -0.2) is 45.6 Å². The lowest BCUT2D eigenvalue weighted by molar-refractivity contribution is -0.141. The Morgan fingerprint density at radius 1 is 1.26 bits per heavy atom. The number of fused-ring (bicyclic) bond motifs is 1. The molecule has 0 bridgehead atoms. The summed E-state index contributed by atoms with van der Waals surface area (Å²) in [5.74, 6) is 0.164. The molecular formula is C28H44N2O4S. The first-order valence-corrected chi connectivity index (χ1v) is 13.9. The molecule has 1 aromatic heterocycles. The Kier molecular flexibility index (Phi) is 8.65. The minimum atomic E-state index is -1.05. The molecule has 0 radical (unpaired) electrons. The van der Waals surface area contributed by atoms with Crippen molar-refractivity contribution in [2.45, 2.75) is 111 Å². The Bertz CT molecular complexity index is 955. The Morgan fingerprint density at radius 2 is 1.94 bits per heavy atom. The highest BCUT2D eigenvalue weighted by Crippen LogP contribution is 2.45. The molecule has 3 heterocycles. The second kappa shape index (κ2) is 10.8. The monoisotopic (exact) mass is 504 g/mol. The van der Waals surface area contributed by atoms with Gasteiger partial charge in [0.15, 0.2) is 0 Å². The second-order valence-electron chi connectivity index (χ2n) is 11.8. The van der Waals surface area contributed by atoms with Crippen LogP contribution in [0, 0.1) is 30.1 Å². The molecule has 0 aromatic carbocycles. The maximum absolute atomic E-state index is 13.4. The Hall–Kier alpha value is -1.57. The highest BCUT2D eigenvalue weighted by Gasteiger charge is 2.52. The summed E-state index contributed by atoms with van der Waals surface area (Å²) in [5.41, 5.74) is 0.709. The van der Waals surface area contributed by atoms with E-state index in [4.69, 9.17) is 4.74 Å². The van der Waals surface area contributed by atoms with E-state index in [0.29, 0.717) is 12.3 Å². The van der Waals surface area contributed by atoms with Crippen LogP contribution >= 0.6 is 11.3 Å². The van der Waals surface area contributed by atoms with Gasteiger partial charge in [-0.25, -0.2) is 4.98 Å². The number of hydrogen-bond donors (Lipinski definition) is 2. The summed E-state index contributed by atoms with van der Waals surface area (Å²) in [6.45, 7) is 16.0. The van der Waals surface area contributed by atoms with E-state index in [1.807, 2.05) is 32.2 Å². The lowest BCUT2D eigenvalue weighted by atomic mass is 9.70. The molecule has 6 nitrogen and oxygen atoms in total. The quantitative estimate of drug-likeness (QED) is 0.532. The molecule has 7 heteroatoms. The fourth-order valence-electron chi connectivity index (χ4n) is 5.37. The fraction of sp³-hybridized carbons (Fsp3) is 0.750. The van der Waals surface area contributed by atoms with Crippen molar-refractivity contribution in [1.29, 1.82) is 0 Å². The number of amides is 1. The highest BCUT2D eigenvalue weighted by atomic mass is 32.1. The van der Waals surface area contributed by atoms with Gasteiger partial charge in [0.25, 0.3) is 0 Å². The van der Waals surface area contributed by atoms with E-state index in [1.165, 1.54) is 0 Å². The van der Waals surface area contributed by atoms with E-state index < -0.39 is 11.5 Å². The van der Waals surface area contributed by atoms with E-state index >= 15 is 0 Å². The van der Waals surface area contributed by atoms with Gasteiger partial charge in [-0.2, -0.15) is 0 Å². The van der Waals surface area contributed by atoms with Gasteiger partial charge >= 0.3 is 0 Å². The van der Waals surface area contributed by atoms with Crippen LogP contribution in [0.4, 0.5) is 0 Å². The van der Waals surface area contributed by atoms with Crippen molar-refractivity contribution in [3.63, 3.8) is 0 Å². The number of thiazole rings is 1. The van der Waals surface area contributed by atoms with Gasteiger partial charge in [0, 0.05) is 17.7 Å². The third kappa shape index (κ3) is 6.60. The van der Waals surface area contributed by atoms with E-state index in [1.54, 1.807) is 25.2 Å². The zero-order valence-corrected chi connectivity index (χ0v) is 23.5. The third-order valence-electron chi connectivity index (χ3n) is 8.66. The molecule has 0 aliphatic carbocycles. The Morgan fingerprint density at radius 3 is 2.57 bits per heavy atom. The van der Waals surface area contributed by atoms with Crippen LogP contribution in [0.15, 0.2) is 11.0 Å². The number of aliphatic hydroxyl groups is 1. The number of nitrogens with one attached hydrogen (secondary N) is 1. The molecule has 1 amide bonds. The van der Waals surface area contributed by atoms with Gasteiger partial charge in [-0.15, -0.1) is 11.3 Å². The topological polar surface area (TPSA) is 91.8 Å². The number of hydrogen-bond acceptors (Lipinski definition) is 6. The highest BCUT2D eigenvalue weighted by molar-refractivity contribution is 7.09. The van der Waals surface area contributed by atoms with Gasteiger partial charge in [-0.05, 0) is 50.7 Å². The average Bonchev–Trinajstić information content (AvgIpc) is 3.22. The van der Waals surface area contributed by atoms with Crippen molar-refractivity contribution >= 4 is 29.1 Å². The van der Waals surface area contributed by atoms with Crippen molar-refractivity contribution in [2.75, 3.05) is 0 Å². The summed E-state index contributed by atoms with van der Waals surface area (Å²) in [7, 11) is 0. The smallest absolute Gasteiger partial charge is 0.223 e. The van der Waals surface area contributed by atoms with E-state index in [9.17, 15) is 14.7 Å². The average molecular weight is 505 g/mol. The van der Waals surface area contributed by atoms with Gasteiger partial charge in [0.2, 0.25) is 5.91 Å². The lowest BCUT2D eigenvalue weighted by Crippen LogP contribution is -2.46. The normalized spacial score (nSPS) is 37.5. The van der Waals surface area contributed by atoms with Crippen molar-refractivity contribution < 1.29 is 19.4 Å². The lowest BCUT2D eigenvalue weighted by Gasteiger charge is -2.35. The van der Waals surface area contributed by atoms with Crippen LogP contribution < -0.4 is 5.32 Å². The fourth-order valence-corrected chi connectivity index (χ4v) is 5.94. The van der Waals surface area contributed by atoms with Crippen molar-refractivity contribution in [3.8, 4) is 0 Å². The van der Waals surface area contributed by atoms with Gasteiger partial charge in [-0.1, -0.05) is 47.5 Å². The Labute approximate surface area is 214 Å². The zero-order valence-electron chi connectivity index (χ0n) is 22.7.